The second-order valence-corrected chi connectivity index (χ2v) is 8.14. The van der Waals surface area contributed by atoms with Crippen LogP contribution < -0.4 is 0 Å². The molecule has 2 rings (SSSR count). The van der Waals surface area contributed by atoms with Crippen molar-refractivity contribution in [1.82, 2.24) is 5.06 Å². The van der Waals surface area contributed by atoms with Crippen molar-refractivity contribution in [3.63, 3.8) is 0 Å². The van der Waals surface area contributed by atoms with Gasteiger partial charge in [0.05, 0.1) is 25.4 Å². The third-order valence-corrected chi connectivity index (χ3v) is 6.01. The molecule has 0 bridgehead atoms. The molecule has 0 amide bonds. The second kappa shape index (κ2) is 13.7. The summed E-state index contributed by atoms with van der Waals surface area (Å²) >= 11 is 0. The zero-order chi connectivity index (χ0) is 21.8. The standard InChI is InChI=1S/C25H39NO4/c1-3-26(30-2)18-10-5-4-9-13-22-23(25(29)19-24(22)28)17-16-21(27)15-14-20-11-7-6-8-12-20/h4,6-9,11-12,16-17,21-25,27-29H,3,5,10,13-15,18-19H2,1-2H3/t21-,22+,23+,24-,25+/m0/s1. The Morgan fingerprint density at radius 3 is 2.63 bits per heavy atom. The topological polar surface area (TPSA) is 73.2 Å². The van der Waals surface area contributed by atoms with Gasteiger partial charge in [-0.3, -0.25) is 0 Å². The molecule has 0 spiro atoms. The molecule has 168 valence electrons. The van der Waals surface area contributed by atoms with E-state index in [0.717, 1.165) is 38.8 Å². The van der Waals surface area contributed by atoms with Gasteiger partial charge >= 0.3 is 0 Å². The molecule has 30 heavy (non-hydrogen) atoms. The number of aryl methyl sites for hydroxylation is 1. The maximum Gasteiger partial charge on any atom is 0.0724 e. The predicted molar refractivity (Wildman–Crippen MR) is 121 cm³/mol. The second-order valence-electron chi connectivity index (χ2n) is 8.14. The van der Waals surface area contributed by atoms with Gasteiger partial charge in [0.25, 0.3) is 0 Å². The van der Waals surface area contributed by atoms with Crippen molar-refractivity contribution in [3.05, 3.63) is 60.2 Å². The molecule has 1 aliphatic rings. The molecule has 0 heterocycles. The first-order chi connectivity index (χ1) is 14.5. The lowest BCUT2D eigenvalue weighted by molar-refractivity contribution is -0.127. The van der Waals surface area contributed by atoms with Gasteiger partial charge in [-0.25, -0.2) is 0 Å². The van der Waals surface area contributed by atoms with Gasteiger partial charge in [0.2, 0.25) is 0 Å². The Morgan fingerprint density at radius 1 is 1.17 bits per heavy atom. The van der Waals surface area contributed by atoms with E-state index in [-0.39, 0.29) is 11.8 Å². The molecule has 1 aromatic carbocycles. The van der Waals surface area contributed by atoms with Gasteiger partial charge in [0.15, 0.2) is 0 Å². The van der Waals surface area contributed by atoms with E-state index in [9.17, 15) is 15.3 Å². The summed E-state index contributed by atoms with van der Waals surface area (Å²) in [6.45, 7) is 3.84. The number of hydrogen-bond acceptors (Lipinski definition) is 5. The number of benzene rings is 1. The summed E-state index contributed by atoms with van der Waals surface area (Å²) in [5.41, 5.74) is 1.21. The van der Waals surface area contributed by atoms with Crippen LogP contribution in [0.2, 0.25) is 0 Å². The average molecular weight is 418 g/mol. The van der Waals surface area contributed by atoms with Crippen molar-refractivity contribution < 1.29 is 20.2 Å². The first-order valence-corrected chi connectivity index (χ1v) is 11.3. The zero-order valence-electron chi connectivity index (χ0n) is 18.4. The third kappa shape index (κ3) is 8.32. The molecular weight excluding hydrogens is 378 g/mol. The van der Waals surface area contributed by atoms with Gasteiger partial charge in [0, 0.05) is 25.4 Å². The summed E-state index contributed by atoms with van der Waals surface area (Å²) in [6, 6.07) is 10.1. The van der Waals surface area contributed by atoms with E-state index in [4.69, 9.17) is 4.84 Å². The molecule has 0 radical (unpaired) electrons. The normalized spacial score (nSPS) is 25.7. The highest BCUT2D eigenvalue weighted by atomic mass is 16.7. The first kappa shape index (κ1) is 24.8. The quantitative estimate of drug-likeness (QED) is 0.260. The largest absolute Gasteiger partial charge is 0.393 e. The summed E-state index contributed by atoms with van der Waals surface area (Å²) in [4.78, 5) is 5.24. The number of nitrogens with zero attached hydrogens (tertiary/aromatic N) is 1. The van der Waals surface area contributed by atoms with Gasteiger partial charge < -0.3 is 20.2 Å². The Morgan fingerprint density at radius 2 is 1.93 bits per heavy atom. The van der Waals surface area contributed by atoms with Crippen LogP contribution in [0, 0.1) is 11.8 Å². The molecule has 3 N–H and O–H groups in total. The monoisotopic (exact) mass is 417 g/mol. The highest BCUT2D eigenvalue weighted by Gasteiger charge is 2.39. The van der Waals surface area contributed by atoms with Gasteiger partial charge in [-0.05, 0) is 43.6 Å². The van der Waals surface area contributed by atoms with E-state index in [1.807, 2.05) is 29.3 Å². The first-order valence-electron chi connectivity index (χ1n) is 11.3. The highest BCUT2D eigenvalue weighted by Crippen LogP contribution is 2.36. The van der Waals surface area contributed by atoms with Crippen LogP contribution in [0.15, 0.2) is 54.6 Å². The lowest BCUT2D eigenvalue weighted by Crippen LogP contribution is -2.22. The maximum absolute atomic E-state index is 10.4. The molecule has 0 unspecified atom stereocenters. The highest BCUT2D eigenvalue weighted by molar-refractivity contribution is 5.15. The molecule has 0 saturated heterocycles. The zero-order valence-corrected chi connectivity index (χ0v) is 18.4. The Labute approximate surface area is 181 Å². The molecule has 1 saturated carbocycles. The molecule has 1 fully saturated rings. The number of allylic oxidation sites excluding steroid dienone is 2. The predicted octanol–water partition coefficient (Wildman–Crippen LogP) is 3.50. The van der Waals surface area contributed by atoms with Crippen molar-refractivity contribution in [1.29, 1.82) is 0 Å². The molecule has 0 aromatic heterocycles. The Hall–Kier alpha value is -1.50. The Kier molecular flexibility index (Phi) is 11.3. The minimum Gasteiger partial charge on any atom is -0.393 e. The molecule has 0 aliphatic heterocycles. The fourth-order valence-corrected chi connectivity index (χ4v) is 4.15. The maximum atomic E-state index is 10.4. The number of aliphatic hydroxyl groups excluding tert-OH is 3. The number of hydrogen-bond donors (Lipinski definition) is 3. The number of rotatable bonds is 13. The van der Waals surface area contributed by atoms with Crippen LogP contribution in [0.3, 0.4) is 0 Å². The Balaban J connectivity index is 1.78. The van der Waals surface area contributed by atoms with Crippen LogP contribution in [-0.4, -0.2) is 58.9 Å². The van der Waals surface area contributed by atoms with Crippen LogP contribution in [0.25, 0.3) is 0 Å². The van der Waals surface area contributed by atoms with Crippen LogP contribution in [0.5, 0.6) is 0 Å². The van der Waals surface area contributed by atoms with E-state index in [1.54, 1.807) is 13.2 Å². The van der Waals surface area contributed by atoms with Crippen molar-refractivity contribution in [2.24, 2.45) is 11.8 Å². The van der Waals surface area contributed by atoms with Crippen LogP contribution in [0.4, 0.5) is 0 Å². The lowest BCUT2D eigenvalue weighted by Gasteiger charge is -2.20. The van der Waals surface area contributed by atoms with Crippen molar-refractivity contribution in [2.45, 2.75) is 63.8 Å². The van der Waals surface area contributed by atoms with E-state index >= 15 is 0 Å². The molecule has 1 aromatic rings. The fraction of sp³-hybridized carbons (Fsp3) is 0.600. The molecular formula is C25H39NO4. The minimum atomic E-state index is -0.559. The Bertz CT molecular complexity index is 629. The van der Waals surface area contributed by atoms with Crippen LogP contribution >= 0.6 is 0 Å². The van der Waals surface area contributed by atoms with Gasteiger partial charge in [-0.2, -0.15) is 5.06 Å². The molecule has 1 aliphatic carbocycles. The summed E-state index contributed by atoms with van der Waals surface area (Å²) in [5, 5.41) is 33.0. The number of aliphatic hydroxyl groups is 3. The summed E-state index contributed by atoms with van der Waals surface area (Å²) in [6.07, 6.45) is 10.9. The summed E-state index contributed by atoms with van der Waals surface area (Å²) < 4.78 is 0. The summed E-state index contributed by atoms with van der Waals surface area (Å²) in [7, 11) is 1.69. The minimum absolute atomic E-state index is 0.0139. The van der Waals surface area contributed by atoms with Crippen molar-refractivity contribution >= 4 is 0 Å². The van der Waals surface area contributed by atoms with Crippen molar-refractivity contribution in [3.8, 4) is 0 Å². The number of hydroxylamine groups is 2. The van der Waals surface area contributed by atoms with E-state index in [1.165, 1.54) is 5.56 Å². The van der Waals surface area contributed by atoms with E-state index in [0.29, 0.717) is 12.8 Å². The number of unbranched alkanes of at least 4 members (excludes halogenated alkanes) is 1. The summed E-state index contributed by atoms with van der Waals surface area (Å²) in [5.74, 6) is -0.139. The van der Waals surface area contributed by atoms with Gasteiger partial charge in [-0.1, -0.05) is 61.6 Å². The molecule has 5 atom stereocenters. The van der Waals surface area contributed by atoms with Crippen molar-refractivity contribution in [2.75, 3.05) is 20.2 Å². The van der Waals surface area contributed by atoms with E-state index in [2.05, 4.69) is 31.2 Å². The SMILES string of the molecule is CCN(CCCC=CC[C@@H]1[C@@H](C=C[C@@H](O)CCc2ccccc2)[C@H](O)C[C@@H]1O)OC. The van der Waals surface area contributed by atoms with Gasteiger partial charge in [-0.15, -0.1) is 0 Å². The lowest BCUT2D eigenvalue weighted by atomic mass is 9.89. The third-order valence-electron chi connectivity index (χ3n) is 6.01. The average Bonchev–Trinajstić information content (AvgIpc) is 3.03. The molecule has 5 nitrogen and oxygen atoms in total. The van der Waals surface area contributed by atoms with Crippen LogP contribution in [-0.2, 0) is 11.3 Å². The fourth-order valence-electron chi connectivity index (χ4n) is 4.15. The molecule has 5 heteroatoms. The van der Waals surface area contributed by atoms with E-state index < -0.39 is 18.3 Å². The smallest absolute Gasteiger partial charge is 0.0724 e. The van der Waals surface area contributed by atoms with Gasteiger partial charge in [0.1, 0.15) is 0 Å². The van der Waals surface area contributed by atoms with Crippen LogP contribution in [0.1, 0.15) is 44.6 Å².